The molecule has 0 aromatic heterocycles. The number of halogens is 1. The highest BCUT2D eigenvalue weighted by Gasteiger charge is 2.00. The molecule has 0 fully saturated rings. The minimum absolute atomic E-state index is 0.182. The molecular weight excluding hydrogens is 278 g/mol. The quantitative estimate of drug-likeness (QED) is 0.838. The maximum Gasteiger partial charge on any atom is 0.148 e. The summed E-state index contributed by atoms with van der Waals surface area (Å²) in [6.07, 6.45) is 1.24. The number of rotatable bonds is 5. The highest BCUT2D eigenvalue weighted by Crippen LogP contribution is 2.11. The van der Waals surface area contributed by atoms with Crippen molar-refractivity contribution in [3.8, 4) is 0 Å². The van der Waals surface area contributed by atoms with Crippen LogP contribution >= 0.6 is 15.9 Å². The van der Waals surface area contributed by atoms with Crippen molar-refractivity contribution >= 4 is 25.8 Å². The van der Waals surface area contributed by atoms with Crippen LogP contribution in [0, 0.1) is 0 Å². The van der Waals surface area contributed by atoms with Gasteiger partial charge < -0.3 is 5.32 Å². The van der Waals surface area contributed by atoms with E-state index in [2.05, 4.69) is 21.2 Å². The molecule has 0 atom stereocenters. The molecule has 1 aromatic rings. The Hall–Kier alpha value is -0.390. The number of nitrogens with one attached hydrogen (secondary N) is 1. The SMILES string of the molecule is CS(=O)(=O)CCNCc1cccc(Br)c1. The van der Waals surface area contributed by atoms with Crippen LogP contribution < -0.4 is 5.32 Å². The summed E-state index contributed by atoms with van der Waals surface area (Å²) < 4.78 is 22.7. The fourth-order valence-corrected chi connectivity index (χ4v) is 2.10. The third-order valence-electron chi connectivity index (χ3n) is 1.87. The maximum absolute atomic E-state index is 10.8. The van der Waals surface area contributed by atoms with Crippen LogP contribution in [0.25, 0.3) is 0 Å². The van der Waals surface area contributed by atoms with Crippen molar-refractivity contribution in [1.82, 2.24) is 5.32 Å². The van der Waals surface area contributed by atoms with Crippen molar-refractivity contribution in [3.05, 3.63) is 34.3 Å². The second-order valence-electron chi connectivity index (χ2n) is 3.44. The first-order chi connectivity index (χ1) is 6.97. The second-order valence-corrected chi connectivity index (χ2v) is 6.61. The van der Waals surface area contributed by atoms with Crippen molar-refractivity contribution in [2.45, 2.75) is 6.54 Å². The predicted octanol–water partition coefficient (Wildman–Crippen LogP) is 1.58. The highest BCUT2D eigenvalue weighted by molar-refractivity contribution is 9.10. The maximum atomic E-state index is 10.8. The van der Waals surface area contributed by atoms with Gasteiger partial charge in [0.2, 0.25) is 0 Å². The molecule has 0 saturated heterocycles. The Balaban J connectivity index is 2.32. The van der Waals surface area contributed by atoms with Gasteiger partial charge in [-0.15, -0.1) is 0 Å². The molecule has 0 radical (unpaired) electrons. The third-order valence-corrected chi connectivity index (χ3v) is 3.31. The lowest BCUT2D eigenvalue weighted by atomic mass is 10.2. The average Bonchev–Trinajstić information content (AvgIpc) is 2.11. The van der Waals surface area contributed by atoms with Gasteiger partial charge in [0.1, 0.15) is 9.84 Å². The summed E-state index contributed by atoms with van der Waals surface area (Å²) in [6, 6.07) is 7.92. The largest absolute Gasteiger partial charge is 0.312 e. The van der Waals surface area contributed by atoms with Gasteiger partial charge in [0, 0.05) is 23.8 Å². The molecule has 0 amide bonds. The Morgan fingerprint density at radius 1 is 1.40 bits per heavy atom. The van der Waals surface area contributed by atoms with Gasteiger partial charge in [-0.3, -0.25) is 0 Å². The summed E-state index contributed by atoms with van der Waals surface area (Å²) in [5.41, 5.74) is 1.14. The third kappa shape index (κ3) is 5.92. The summed E-state index contributed by atoms with van der Waals surface area (Å²) in [4.78, 5) is 0. The molecule has 84 valence electrons. The minimum atomic E-state index is -2.86. The molecule has 3 nitrogen and oxygen atoms in total. The molecule has 0 bridgehead atoms. The summed E-state index contributed by atoms with van der Waals surface area (Å²) in [5.74, 6) is 0.182. The van der Waals surface area contributed by atoms with Crippen molar-refractivity contribution in [2.24, 2.45) is 0 Å². The molecule has 0 aliphatic rings. The van der Waals surface area contributed by atoms with Crippen LogP contribution in [0.5, 0.6) is 0 Å². The van der Waals surface area contributed by atoms with E-state index in [9.17, 15) is 8.42 Å². The molecule has 0 aliphatic heterocycles. The monoisotopic (exact) mass is 291 g/mol. The van der Waals surface area contributed by atoms with E-state index >= 15 is 0 Å². The van der Waals surface area contributed by atoms with Crippen molar-refractivity contribution < 1.29 is 8.42 Å². The van der Waals surface area contributed by atoms with Crippen LogP contribution in [-0.4, -0.2) is 27.0 Å². The van der Waals surface area contributed by atoms with E-state index in [0.29, 0.717) is 13.1 Å². The normalized spacial score (nSPS) is 11.6. The van der Waals surface area contributed by atoms with E-state index in [1.54, 1.807) is 0 Å². The van der Waals surface area contributed by atoms with Gasteiger partial charge in [-0.25, -0.2) is 8.42 Å². The lowest BCUT2D eigenvalue weighted by Gasteiger charge is -2.04. The summed E-state index contributed by atoms with van der Waals surface area (Å²) in [7, 11) is -2.86. The molecule has 0 saturated carbocycles. The van der Waals surface area contributed by atoms with E-state index in [1.807, 2.05) is 24.3 Å². The molecule has 0 aliphatic carbocycles. The first-order valence-electron chi connectivity index (χ1n) is 4.60. The van der Waals surface area contributed by atoms with Gasteiger partial charge in [-0.05, 0) is 17.7 Å². The van der Waals surface area contributed by atoms with E-state index in [1.165, 1.54) is 6.26 Å². The molecule has 15 heavy (non-hydrogen) atoms. The van der Waals surface area contributed by atoms with Crippen molar-refractivity contribution in [2.75, 3.05) is 18.6 Å². The van der Waals surface area contributed by atoms with Crippen molar-refractivity contribution in [3.63, 3.8) is 0 Å². The Morgan fingerprint density at radius 2 is 2.13 bits per heavy atom. The standard InChI is InChI=1S/C10H14BrNO2S/c1-15(13,14)6-5-12-8-9-3-2-4-10(11)7-9/h2-4,7,12H,5-6,8H2,1H3. The van der Waals surface area contributed by atoms with Crippen molar-refractivity contribution in [1.29, 1.82) is 0 Å². The van der Waals surface area contributed by atoms with Gasteiger partial charge in [0.25, 0.3) is 0 Å². The first kappa shape index (κ1) is 12.7. The number of benzene rings is 1. The predicted molar refractivity (Wildman–Crippen MR) is 65.6 cm³/mol. The number of hydrogen-bond acceptors (Lipinski definition) is 3. The molecule has 0 spiro atoms. The van der Waals surface area contributed by atoms with E-state index in [-0.39, 0.29) is 5.75 Å². The summed E-state index contributed by atoms with van der Waals surface area (Å²) >= 11 is 3.38. The molecule has 0 unspecified atom stereocenters. The van der Waals surface area contributed by atoms with Crippen LogP contribution in [0.2, 0.25) is 0 Å². The average molecular weight is 292 g/mol. The Kier molecular flexibility index (Phi) is 4.76. The zero-order valence-electron chi connectivity index (χ0n) is 8.53. The Bertz CT molecular complexity index is 417. The van der Waals surface area contributed by atoms with Crippen LogP contribution in [0.3, 0.4) is 0 Å². The van der Waals surface area contributed by atoms with Crippen LogP contribution in [0.1, 0.15) is 5.56 Å². The van der Waals surface area contributed by atoms with E-state index in [4.69, 9.17) is 0 Å². The molecule has 1 aromatic carbocycles. The second kappa shape index (κ2) is 5.63. The first-order valence-corrected chi connectivity index (χ1v) is 7.45. The van der Waals surface area contributed by atoms with Crippen LogP contribution in [-0.2, 0) is 16.4 Å². The zero-order chi connectivity index (χ0) is 11.3. The lowest BCUT2D eigenvalue weighted by Crippen LogP contribution is -2.21. The zero-order valence-corrected chi connectivity index (χ0v) is 10.9. The Labute approximate surface area is 98.9 Å². The smallest absolute Gasteiger partial charge is 0.148 e. The Morgan fingerprint density at radius 3 is 2.73 bits per heavy atom. The lowest BCUT2D eigenvalue weighted by molar-refractivity contribution is 0.596. The molecular formula is C10H14BrNO2S. The fourth-order valence-electron chi connectivity index (χ4n) is 1.14. The molecule has 0 heterocycles. The molecule has 1 rings (SSSR count). The van der Waals surface area contributed by atoms with Crippen LogP contribution in [0.4, 0.5) is 0 Å². The topological polar surface area (TPSA) is 46.2 Å². The number of sulfone groups is 1. The highest BCUT2D eigenvalue weighted by atomic mass is 79.9. The summed E-state index contributed by atoms with van der Waals surface area (Å²) in [5, 5.41) is 3.09. The fraction of sp³-hybridized carbons (Fsp3) is 0.400. The van der Waals surface area contributed by atoms with Crippen LogP contribution in [0.15, 0.2) is 28.7 Å². The van der Waals surface area contributed by atoms with Gasteiger partial charge in [-0.1, -0.05) is 28.1 Å². The van der Waals surface area contributed by atoms with E-state index in [0.717, 1.165) is 10.0 Å². The van der Waals surface area contributed by atoms with E-state index < -0.39 is 9.84 Å². The molecule has 5 heteroatoms. The van der Waals surface area contributed by atoms with Gasteiger partial charge in [0.15, 0.2) is 0 Å². The van der Waals surface area contributed by atoms with Gasteiger partial charge in [0.05, 0.1) is 5.75 Å². The molecule has 1 N–H and O–H groups in total. The summed E-state index contributed by atoms with van der Waals surface area (Å²) in [6.45, 7) is 1.18. The minimum Gasteiger partial charge on any atom is -0.312 e. The van der Waals surface area contributed by atoms with Gasteiger partial charge in [-0.2, -0.15) is 0 Å². The van der Waals surface area contributed by atoms with Gasteiger partial charge >= 0.3 is 0 Å². The number of hydrogen-bond donors (Lipinski definition) is 1.